The maximum absolute atomic E-state index is 12.4. The Labute approximate surface area is 129 Å². The van der Waals surface area contributed by atoms with Crippen LogP contribution in [0.15, 0.2) is 36.7 Å². The number of benzene rings is 1. The van der Waals surface area contributed by atoms with E-state index in [0.717, 1.165) is 5.56 Å². The minimum Gasteiger partial charge on any atom is -0.372 e. The number of rotatable bonds is 4. The molecule has 2 rings (SSSR count). The molecule has 6 heteroatoms. The van der Waals surface area contributed by atoms with Gasteiger partial charge < -0.3 is 10.2 Å². The number of hydrogen-bond donors (Lipinski definition) is 1. The van der Waals surface area contributed by atoms with Gasteiger partial charge in [-0.05, 0) is 24.6 Å². The normalized spacial score (nSPS) is 11.8. The fourth-order valence-electron chi connectivity index (χ4n) is 1.91. The number of nitrogens with one attached hydrogen (secondary N) is 1. The van der Waals surface area contributed by atoms with Crippen molar-refractivity contribution in [3.63, 3.8) is 0 Å². The summed E-state index contributed by atoms with van der Waals surface area (Å²) >= 11 is 5.99. The summed E-state index contributed by atoms with van der Waals surface area (Å²) in [6.07, 6.45) is 3.00. The number of carbonyl (C=O) groups excluding carboxylic acids is 1. The highest BCUT2D eigenvalue weighted by Gasteiger charge is 2.20. The first-order valence-electron chi connectivity index (χ1n) is 6.55. The molecule has 0 saturated heterocycles. The van der Waals surface area contributed by atoms with Crippen LogP contribution in [0.25, 0.3) is 0 Å². The Kier molecular flexibility index (Phi) is 4.75. The summed E-state index contributed by atoms with van der Waals surface area (Å²) in [5.74, 6) is 0.440. The van der Waals surface area contributed by atoms with E-state index in [1.807, 2.05) is 31.2 Å². The fraction of sp³-hybridized carbons (Fsp3) is 0.267. The maximum atomic E-state index is 12.4. The van der Waals surface area contributed by atoms with E-state index in [2.05, 4.69) is 15.3 Å². The summed E-state index contributed by atoms with van der Waals surface area (Å²) in [7, 11) is 3.49. The Morgan fingerprint density at radius 3 is 2.67 bits per heavy atom. The largest absolute Gasteiger partial charge is 0.372 e. The van der Waals surface area contributed by atoms with Gasteiger partial charge in [-0.2, -0.15) is 0 Å². The zero-order valence-corrected chi connectivity index (χ0v) is 12.9. The van der Waals surface area contributed by atoms with Crippen molar-refractivity contribution in [3.8, 4) is 0 Å². The highest BCUT2D eigenvalue weighted by atomic mass is 35.5. The average molecular weight is 305 g/mol. The van der Waals surface area contributed by atoms with Gasteiger partial charge in [0.2, 0.25) is 0 Å². The van der Waals surface area contributed by atoms with E-state index in [4.69, 9.17) is 11.6 Å². The lowest BCUT2D eigenvalue weighted by Gasteiger charge is -2.25. The molecule has 1 heterocycles. The molecule has 0 bridgehead atoms. The fourth-order valence-corrected chi connectivity index (χ4v) is 2.11. The van der Waals surface area contributed by atoms with Crippen molar-refractivity contribution in [2.24, 2.45) is 0 Å². The van der Waals surface area contributed by atoms with Gasteiger partial charge in [0, 0.05) is 19.1 Å². The second-order valence-corrected chi connectivity index (χ2v) is 5.12. The van der Waals surface area contributed by atoms with Crippen molar-refractivity contribution in [1.82, 2.24) is 14.9 Å². The van der Waals surface area contributed by atoms with E-state index in [1.165, 1.54) is 12.4 Å². The third kappa shape index (κ3) is 3.49. The minimum atomic E-state index is -0.183. The van der Waals surface area contributed by atoms with Crippen LogP contribution in [0.1, 0.15) is 29.0 Å². The Balaban J connectivity index is 2.17. The first kappa shape index (κ1) is 15.3. The van der Waals surface area contributed by atoms with E-state index in [1.54, 1.807) is 19.0 Å². The Morgan fingerprint density at radius 1 is 1.33 bits per heavy atom. The maximum Gasteiger partial charge on any atom is 0.274 e. The number of hydrogen-bond acceptors (Lipinski definition) is 4. The molecule has 1 aromatic heterocycles. The Bertz CT molecular complexity index is 630. The van der Waals surface area contributed by atoms with Crippen molar-refractivity contribution in [2.75, 3.05) is 19.4 Å². The van der Waals surface area contributed by atoms with Crippen LogP contribution in [0.4, 0.5) is 5.82 Å². The summed E-state index contributed by atoms with van der Waals surface area (Å²) < 4.78 is 0. The molecule has 0 saturated carbocycles. The molecule has 1 atom stereocenters. The number of carbonyl (C=O) groups is 1. The topological polar surface area (TPSA) is 58.1 Å². The lowest BCUT2D eigenvalue weighted by Crippen LogP contribution is -2.30. The highest BCUT2D eigenvalue weighted by molar-refractivity contribution is 6.30. The first-order chi connectivity index (χ1) is 10.0. The standard InChI is InChI=1S/C15H17ClN4O/c1-10(11-5-4-6-12(16)7-11)20(3)15(21)13-8-19-14(17-2)9-18-13/h4-10H,1-3H3,(H,17,19). The summed E-state index contributed by atoms with van der Waals surface area (Å²) in [6.45, 7) is 1.94. The summed E-state index contributed by atoms with van der Waals surface area (Å²) in [6, 6.07) is 7.36. The number of aromatic nitrogens is 2. The third-order valence-electron chi connectivity index (χ3n) is 3.36. The van der Waals surface area contributed by atoms with Crippen molar-refractivity contribution in [3.05, 3.63) is 52.9 Å². The van der Waals surface area contributed by atoms with Crippen LogP contribution in [0.2, 0.25) is 5.02 Å². The minimum absolute atomic E-state index is 0.109. The third-order valence-corrected chi connectivity index (χ3v) is 3.59. The van der Waals surface area contributed by atoms with Gasteiger partial charge in [0.15, 0.2) is 0 Å². The van der Waals surface area contributed by atoms with Crippen molar-refractivity contribution in [1.29, 1.82) is 0 Å². The molecule has 0 fully saturated rings. The number of nitrogens with zero attached hydrogens (tertiary/aromatic N) is 3. The van der Waals surface area contributed by atoms with Gasteiger partial charge in [-0.1, -0.05) is 23.7 Å². The number of halogens is 1. The number of amides is 1. The van der Waals surface area contributed by atoms with Crippen LogP contribution >= 0.6 is 11.6 Å². The van der Waals surface area contributed by atoms with E-state index in [9.17, 15) is 4.79 Å². The lowest BCUT2D eigenvalue weighted by molar-refractivity contribution is 0.0736. The van der Waals surface area contributed by atoms with Crippen molar-refractivity contribution in [2.45, 2.75) is 13.0 Å². The molecular formula is C15H17ClN4O. The van der Waals surface area contributed by atoms with Gasteiger partial charge in [-0.25, -0.2) is 9.97 Å². The predicted octanol–water partition coefficient (Wildman–Crippen LogP) is 3.00. The van der Waals surface area contributed by atoms with Gasteiger partial charge >= 0.3 is 0 Å². The second-order valence-electron chi connectivity index (χ2n) is 4.68. The molecular weight excluding hydrogens is 288 g/mol. The molecule has 0 aliphatic heterocycles. The summed E-state index contributed by atoms with van der Waals surface area (Å²) in [5.41, 5.74) is 1.28. The van der Waals surface area contributed by atoms with Crippen LogP contribution in [0.5, 0.6) is 0 Å². The molecule has 110 valence electrons. The van der Waals surface area contributed by atoms with Gasteiger partial charge in [-0.3, -0.25) is 4.79 Å². The zero-order valence-electron chi connectivity index (χ0n) is 12.2. The first-order valence-corrected chi connectivity index (χ1v) is 6.93. The zero-order chi connectivity index (χ0) is 15.4. The SMILES string of the molecule is CNc1cnc(C(=O)N(C)C(C)c2cccc(Cl)c2)cn1. The van der Waals surface area contributed by atoms with E-state index in [0.29, 0.717) is 16.5 Å². The Hall–Kier alpha value is -2.14. The highest BCUT2D eigenvalue weighted by Crippen LogP contribution is 2.22. The van der Waals surface area contributed by atoms with Gasteiger partial charge in [0.1, 0.15) is 11.5 Å². The van der Waals surface area contributed by atoms with Gasteiger partial charge in [-0.15, -0.1) is 0 Å². The van der Waals surface area contributed by atoms with Crippen molar-refractivity contribution >= 4 is 23.3 Å². The van der Waals surface area contributed by atoms with Crippen LogP contribution in [0.3, 0.4) is 0 Å². The monoisotopic (exact) mass is 304 g/mol. The van der Waals surface area contributed by atoms with E-state index < -0.39 is 0 Å². The van der Waals surface area contributed by atoms with Crippen LogP contribution in [-0.4, -0.2) is 34.9 Å². The smallest absolute Gasteiger partial charge is 0.274 e. The Morgan fingerprint density at radius 2 is 2.10 bits per heavy atom. The molecule has 0 radical (unpaired) electrons. The summed E-state index contributed by atoms with van der Waals surface area (Å²) in [4.78, 5) is 22.3. The van der Waals surface area contributed by atoms with Crippen LogP contribution < -0.4 is 5.32 Å². The summed E-state index contributed by atoms with van der Waals surface area (Å²) in [5, 5.41) is 3.52. The van der Waals surface area contributed by atoms with E-state index >= 15 is 0 Å². The molecule has 1 N–H and O–H groups in total. The van der Waals surface area contributed by atoms with Crippen LogP contribution in [-0.2, 0) is 0 Å². The molecule has 0 spiro atoms. The predicted molar refractivity (Wildman–Crippen MR) is 83.5 cm³/mol. The molecule has 0 aliphatic rings. The molecule has 0 aliphatic carbocycles. The second kappa shape index (κ2) is 6.54. The average Bonchev–Trinajstić information content (AvgIpc) is 2.53. The molecule has 1 unspecified atom stereocenters. The van der Waals surface area contributed by atoms with Gasteiger partial charge in [0.05, 0.1) is 18.4 Å². The number of anilines is 1. The molecule has 21 heavy (non-hydrogen) atoms. The molecule has 1 aromatic carbocycles. The molecule has 5 nitrogen and oxygen atoms in total. The van der Waals surface area contributed by atoms with Crippen LogP contribution in [0, 0.1) is 0 Å². The lowest BCUT2D eigenvalue weighted by atomic mass is 10.1. The van der Waals surface area contributed by atoms with Crippen molar-refractivity contribution < 1.29 is 4.79 Å². The molecule has 2 aromatic rings. The van der Waals surface area contributed by atoms with Gasteiger partial charge in [0.25, 0.3) is 5.91 Å². The molecule has 1 amide bonds. The quantitative estimate of drug-likeness (QED) is 0.943. The van der Waals surface area contributed by atoms with E-state index in [-0.39, 0.29) is 11.9 Å².